The molecule has 2 aromatic carbocycles. The maximum absolute atomic E-state index is 12.3. The van der Waals surface area contributed by atoms with Crippen LogP contribution in [0.15, 0.2) is 47.6 Å². The maximum atomic E-state index is 12.3. The standard InChI is InChI=1S/C17H15ClN4OS/c1-11-6-7-15(12(2)8-11)22-17(19-20-21-22)24-10-16(23)13-4-3-5-14(18)9-13/h3-9H,10H2,1-2H3. The minimum atomic E-state index is -0.0160. The van der Waals surface area contributed by atoms with E-state index in [0.717, 1.165) is 11.3 Å². The van der Waals surface area contributed by atoms with Crippen molar-refractivity contribution < 1.29 is 4.79 Å². The van der Waals surface area contributed by atoms with E-state index >= 15 is 0 Å². The number of hydrogen-bond acceptors (Lipinski definition) is 5. The summed E-state index contributed by atoms with van der Waals surface area (Å²) in [5.74, 6) is 0.226. The van der Waals surface area contributed by atoms with E-state index in [0.29, 0.717) is 15.7 Å². The zero-order valence-electron chi connectivity index (χ0n) is 13.2. The third-order valence-corrected chi connectivity index (χ3v) is 4.65. The van der Waals surface area contributed by atoms with Gasteiger partial charge in [-0.3, -0.25) is 4.79 Å². The van der Waals surface area contributed by atoms with Gasteiger partial charge in [0.25, 0.3) is 0 Å². The van der Waals surface area contributed by atoms with Gasteiger partial charge >= 0.3 is 0 Å². The van der Waals surface area contributed by atoms with Gasteiger partial charge in [-0.1, -0.05) is 53.2 Å². The highest BCUT2D eigenvalue weighted by molar-refractivity contribution is 7.99. The van der Waals surface area contributed by atoms with Gasteiger partial charge in [-0.2, -0.15) is 4.68 Å². The van der Waals surface area contributed by atoms with Gasteiger partial charge in [0.2, 0.25) is 5.16 Å². The van der Waals surface area contributed by atoms with E-state index in [1.54, 1.807) is 28.9 Å². The maximum Gasteiger partial charge on any atom is 0.214 e. The number of carbonyl (C=O) groups excluding carboxylic acids is 1. The van der Waals surface area contributed by atoms with Gasteiger partial charge < -0.3 is 0 Å². The zero-order valence-corrected chi connectivity index (χ0v) is 14.8. The third-order valence-electron chi connectivity index (χ3n) is 3.50. The average molecular weight is 359 g/mol. The SMILES string of the molecule is Cc1ccc(-n2nnnc2SCC(=O)c2cccc(Cl)c2)c(C)c1. The first-order valence-corrected chi connectivity index (χ1v) is 8.68. The summed E-state index contributed by atoms with van der Waals surface area (Å²) in [6, 6.07) is 13.0. The Balaban J connectivity index is 1.78. The second kappa shape index (κ2) is 7.15. The van der Waals surface area contributed by atoms with Gasteiger partial charge in [-0.05, 0) is 48.0 Å². The van der Waals surface area contributed by atoms with E-state index in [9.17, 15) is 4.79 Å². The molecule has 0 spiro atoms. The van der Waals surface area contributed by atoms with E-state index in [-0.39, 0.29) is 11.5 Å². The minimum Gasteiger partial charge on any atom is -0.293 e. The molecule has 3 rings (SSSR count). The van der Waals surface area contributed by atoms with E-state index in [1.807, 2.05) is 26.0 Å². The molecular formula is C17H15ClN4OS. The number of halogens is 1. The van der Waals surface area contributed by atoms with Crippen LogP contribution in [-0.4, -0.2) is 31.7 Å². The Hall–Kier alpha value is -2.18. The summed E-state index contributed by atoms with van der Waals surface area (Å²) in [6.45, 7) is 4.05. The summed E-state index contributed by atoms with van der Waals surface area (Å²) in [6.07, 6.45) is 0. The molecule has 0 N–H and O–H groups in total. The Morgan fingerprint density at radius 2 is 2.04 bits per heavy atom. The summed E-state index contributed by atoms with van der Waals surface area (Å²) in [5, 5.41) is 12.9. The summed E-state index contributed by atoms with van der Waals surface area (Å²) in [4.78, 5) is 12.3. The van der Waals surface area contributed by atoms with E-state index in [2.05, 4.69) is 21.6 Å². The number of rotatable bonds is 5. The second-order valence-electron chi connectivity index (χ2n) is 5.39. The van der Waals surface area contributed by atoms with Gasteiger partial charge in [0.15, 0.2) is 5.78 Å². The molecule has 0 aliphatic heterocycles. The number of ketones is 1. The molecule has 0 amide bonds. The molecule has 3 aromatic rings. The molecule has 24 heavy (non-hydrogen) atoms. The zero-order chi connectivity index (χ0) is 17.1. The van der Waals surface area contributed by atoms with Crippen molar-refractivity contribution in [3.05, 3.63) is 64.2 Å². The van der Waals surface area contributed by atoms with Gasteiger partial charge in [-0.25, -0.2) is 0 Å². The Bertz CT molecular complexity index is 894. The molecule has 0 saturated heterocycles. The molecule has 1 heterocycles. The Kier molecular flexibility index (Phi) is 4.97. The molecule has 0 aliphatic rings. The number of hydrogen-bond donors (Lipinski definition) is 0. The number of aryl methyl sites for hydroxylation is 2. The number of tetrazole rings is 1. The molecule has 1 aromatic heterocycles. The van der Waals surface area contributed by atoms with Crippen LogP contribution < -0.4 is 0 Å². The van der Waals surface area contributed by atoms with Crippen LogP contribution in [0, 0.1) is 13.8 Å². The largest absolute Gasteiger partial charge is 0.293 e. The second-order valence-corrected chi connectivity index (χ2v) is 6.76. The van der Waals surface area contributed by atoms with Crippen LogP contribution in [0.25, 0.3) is 5.69 Å². The Morgan fingerprint density at radius 3 is 2.79 bits per heavy atom. The van der Waals surface area contributed by atoms with Crippen molar-refractivity contribution in [2.45, 2.75) is 19.0 Å². The summed E-state index contributed by atoms with van der Waals surface area (Å²) >= 11 is 7.23. The van der Waals surface area contributed by atoms with Crippen molar-refractivity contribution in [2.75, 3.05) is 5.75 Å². The molecule has 122 valence electrons. The average Bonchev–Trinajstić information content (AvgIpc) is 3.01. The molecule has 5 nitrogen and oxygen atoms in total. The Morgan fingerprint density at radius 1 is 1.21 bits per heavy atom. The predicted molar refractivity (Wildman–Crippen MR) is 95.1 cm³/mol. The van der Waals surface area contributed by atoms with Crippen LogP contribution in [0.3, 0.4) is 0 Å². The third kappa shape index (κ3) is 3.66. The first-order chi connectivity index (χ1) is 11.5. The van der Waals surface area contributed by atoms with E-state index in [4.69, 9.17) is 11.6 Å². The van der Waals surface area contributed by atoms with Crippen LogP contribution in [0.5, 0.6) is 0 Å². The molecule has 0 fully saturated rings. The molecule has 0 atom stereocenters. The van der Waals surface area contributed by atoms with Crippen LogP contribution in [0.2, 0.25) is 5.02 Å². The first kappa shape index (κ1) is 16.7. The number of nitrogens with zero attached hydrogens (tertiary/aromatic N) is 4. The van der Waals surface area contributed by atoms with Gasteiger partial charge in [0.05, 0.1) is 11.4 Å². The number of Topliss-reactive ketones (excluding diaryl/α,β-unsaturated/α-hetero) is 1. The quantitative estimate of drug-likeness (QED) is 0.511. The molecule has 0 unspecified atom stereocenters. The normalized spacial score (nSPS) is 10.8. The monoisotopic (exact) mass is 358 g/mol. The highest BCUT2D eigenvalue weighted by atomic mass is 35.5. The fourth-order valence-corrected chi connectivity index (χ4v) is 3.31. The van der Waals surface area contributed by atoms with Gasteiger partial charge in [-0.15, -0.1) is 5.10 Å². The molecule has 0 bridgehead atoms. The molecular weight excluding hydrogens is 344 g/mol. The lowest BCUT2D eigenvalue weighted by atomic mass is 10.1. The van der Waals surface area contributed by atoms with Crippen LogP contribution in [0.1, 0.15) is 21.5 Å². The number of carbonyl (C=O) groups is 1. The fraction of sp³-hybridized carbons (Fsp3) is 0.176. The number of thioether (sulfide) groups is 1. The van der Waals surface area contributed by atoms with Crippen molar-refractivity contribution in [3.63, 3.8) is 0 Å². The Labute approximate surface area is 149 Å². The van der Waals surface area contributed by atoms with Gasteiger partial charge in [0.1, 0.15) is 0 Å². The van der Waals surface area contributed by atoms with Gasteiger partial charge in [0, 0.05) is 10.6 Å². The fourth-order valence-electron chi connectivity index (χ4n) is 2.34. The predicted octanol–water partition coefficient (Wildman–Crippen LogP) is 3.91. The lowest BCUT2D eigenvalue weighted by Gasteiger charge is -2.08. The van der Waals surface area contributed by atoms with Crippen molar-refractivity contribution in [1.82, 2.24) is 20.2 Å². The number of aromatic nitrogens is 4. The van der Waals surface area contributed by atoms with Crippen LogP contribution in [-0.2, 0) is 0 Å². The highest BCUT2D eigenvalue weighted by Crippen LogP contribution is 2.22. The minimum absolute atomic E-state index is 0.0160. The molecule has 7 heteroatoms. The smallest absolute Gasteiger partial charge is 0.214 e. The first-order valence-electron chi connectivity index (χ1n) is 7.32. The summed E-state index contributed by atoms with van der Waals surface area (Å²) in [5.41, 5.74) is 3.74. The van der Waals surface area contributed by atoms with Crippen molar-refractivity contribution in [1.29, 1.82) is 0 Å². The van der Waals surface area contributed by atoms with Crippen LogP contribution >= 0.6 is 23.4 Å². The molecule has 0 saturated carbocycles. The molecule has 0 aliphatic carbocycles. The van der Waals surface area contributed by atoms with E-state index in [1.165, 1.54) is 17.3 Å². The lowest BCUT2D eigenvalue weighted by Crippen LogP contribution is -2.06. The number of benzene rings is 2. The van der Waals surface area contributed by atoms with Crippen molar-refractivity contribution >= 4 is 29.1 Å². The highest BCUT2D eigenvalue weighted by Gasteiger charge is 2.14. The topological polar surface area (TPSA) is 60.7 Å². The summed E-state index contributed by atoms with van der Waals surface area (Å²) < 4.78 is 1.66. The molecule has 0 radical (unpaired) electrons. The van der Waals surface area contributed by atoms with Crippen molar-refractivity contribution in [3.8, 4) is 5.69 Å². The van der Waals surface area contributed by atoms with E-state index < -0.39 is 0 Å². The summed E-state index contributed by atoms with van der Waals surface area (Å²) in [7, 11) is 0. The van der Waals surface area contributed by atoms with Crippen molar-refractivity contribution in [2.24, 2.45) is 0 Å². The van der Waals surface area contributed by atoms with Crippen LogP contribution in [0.4, 0.5) is 0 Å². The lowest BCUT2D eigenvalue weighted by molar-refractivity contribution is 0.102.